The summed E-state index contributed by atoms with van der Waals surface area (Å²) in [5.74, 6) is 0.940. The van der Waals surface area contributed by atoms with E-state index in [0.29, 0.717) is 6.61 Å². The van der Waals surface area contributed by atoms with Crippen molar-refractivity contribution in [2.45, 2.75) is 19.8 Å². The Balaban J connectivity index is 1.60. The van der Waals surface area contributed by atoms with Crippen LogP contribution >= 0.6 is 0 Å². The number of aryl methyl sites for hydroxylation is 2. The van der Waals surface area contributed by atoms with Crippen LogP contribution in [0.25, 0.3) is 0 Å². The third kappa shape index (κ3) is 3.30. The van der Waals surface area contributed by atoms with Gasteiger partial charge in [0.25, 0.3) is 0 Å². The Morgan fingerprint density at radius 2 is 1.95 bits per heavy atom. The van der Waals surface area contributed by atoms with E-state index in [1.165, 1.54) is 23.2 Å². The van der Waals surface area contributed by atoms with E-state index in [0.717, 1.165) is 30.9 Å². The predicted molar refractivity (Wildman–Crippen MR) is 88.1 cm³/mol. The summed E-state index contributed by atoms with van der Waals surface area (Å²) in [4.78, 5) is 2.40. The van der Waals surface area contributed by atoms with Gasteiger partial charge in [0.15, 0.2) is 0 Å². The van der Waals surface area contributed by atoms with Gasteiger partial charge >= 0.3 is 0 Å². The van der Waals surface area contributed by atoms with Gasteiger partial charge in [-0.1, -0.05) is 17.7 Å². The second kappa shape index (κ2) is 6.08. The Hall–Kier alpha value is -2.16. The molecule has 2 N–H and O–H groups in total. The van der Waals surface area contributed by atoms with Gasteiger partial charge in [-0.05, 0) is 55.7 Å². The summed E-state index contributed by atoms with van der Waals surface area (Å²) in [6.07, 6.45) is 2.30. The number of nitrogens with two attached hydrogens (primary N) is 1. The number of nitrogen functional groups attached to an aromatic ring is 1. The number of hydrogen-bond acceptors (Lipinski definition) is 3. The summed E-state index contributed by atoms with van der Waals surface area (Å²) in [7, 11) is 0. The molecule has 1 aliphatic heterocycles. The Kier molecular flexibility index (Phi) is 4.00. The predicted octanol–water partition coefficient (Wildman–Crippen LogP) is 3.41. The highest BCUT2D eigenvalue weighted by Gasteiger charge is 2.16. The van der Waals surface area contributed by atoms with Gasteiger partial charge in [-0.15, -0.1) is 0 Å². The van der Waals surface area contributed by atoms with Crippen molar-refractivity contribution in [2.75, 3.05) is 30.3 Å². The summed E-state index contributed by atoms with van der Waals surface area (Å²) in [5, 5.41) is 0. The zero-order valence-electron chi connectivity index (χ0n) is 12.5. The van der Waals surface area contributed by atoms with Crippen molar-refractivity contribution in [3.05, 3.63) is 53.6 Å². The highest BCUT2D eigenvalue weighted by atomic mass is 16.5. The Morgan fingerprint density at radius 1 is 1.14 bits per heavy atom. The van der Waals surface area contributed by atoms with Crippen LogP contribution in [0.3, 0.4) is 0 Å². The molecule has 1 aliphatic rings. The molecular weight excluding hydrogens is 260 g/mol. The van der Waals surface area contributed by atoms with Crippen molar-refractivity contribution in [3.8, 4) is 5.75 Å². The maximum Gasteiger partial charge on any atom is 0.119 e. The SMILES string of the molecule is Cc1ccc(OCCN2CCCc3cc(N)ccc32)cc1. The van der Waals surface area contributed by atoms with Crippen LogP contribution in [-0.4, -0.2) is 19.7 Å². The molecule has 0 fully saturated rings. The summed E-state index contributed by atoms with van der Waals surface area (Å²) in [6.45, 7) is 4.78. The van der Waals surface area contributed by atoms with Crippen molar-refractivity contribution < 1.29 is 4.74 Å². The number of fused-ring (bicyclic) bond motifs is 1. The van der Waals surface area contributed by atoms with E-state index in [1.807, 2.05) is 18.2 Å². The summed E-state index contributed by atoms with van der Waals surface area (Å²) >= 11 is 0. The monoisotopic (exact) mass is 282 g/mol. The van der Waals surface area contributed by atoms with Crippen molar-refractivity contribution in [1.82, 2.24) is 0 Å². The van der Waals surface area contributed by atoms with Gasteiger partial charge in [0.1, 0.15) is 12.4 Å². The number of nitrogens with zero attached hydrogens (tertiary/aromatic N) is 1. The van der Waals surface area contributed by atoms with Crippen LogP contribution < -0.4 is 15.4 Å². The van der Waals surface area contributed by atoms with E-state index in [4.69, 9.17) is 10.5 Å². The van der Waals surface area contributed by atoms with Crippen LogP contribution in [-0.2, 0) is 6.42 Å². The highest BCUT2D eigenvalue weighted by Crippen LogP contribution is 2.28. The second-order valence-electron chi connectivity index (χ2n) is 5.64. The molecule has 0 saturated carbocycles. The zero-order valence-corrected chi connectivity index (χ0v) is 12.5. The zero-order chi connectivity index (χ0) is 14.7. The van der Waals surface area contributed by atoms with Crippen LogP contribution in [0.5, 0.6) is 5.75 Å². The Bertz CT molecular complexity index is 607. The molecule has 3 rings (SSSR count). The molecule has 0 bridgehead atoms. The first-order chi connectivity index (χ1) is 10.2. The first-order valence-corrected chi connectivity index (χ1v) is 7.55. The van der Waals surface area contributed by atoms with Gasteiger partial charge in [-0.3, -0.25) is 0 Å². The molecule has 3 nitrogen and oxygen atoms in total. The lowest BCUT2D eigenvalue weighted by Crippen LogP contribution is -2.33. The van der Waals surface area contributed by atoms with Gasteiger partial charge < -0.3 is 15.4 Å². The lowest BCUT2D eigenvalue weighted by Gasteiger charge is -2.31. The molecule has 110 valence electrons. The summed E-state index contributed by atoms with van der Waals surface area (Å²) < 4.78 is 5.84. The smallest absolute Gasteiger partial charge is 0.119 e. The van der Waals surface area contributed by atoms with Gasteiger partial charge in [0, 0.05) is 17.9 Å². The second-order valence-corrected chi connectivity index (χ2v) is 5.64. The average molecular weight is 282 g/mol. The minimum atomic E-state index is 0.701. The highest BCUT2D eigenvalue weighted by molar-refractivity contribution is 5.61. The first kappa shape index (κ1) is 13.8. The summed E-state index contributed by atoms with van der Waals surface area (Å²) in [5.41, 5.74) is 10.6. The topological polar surface area (TPSA) is 38.5 Å². The van der Waals surface area contributed by atoms with Gasteiger partial charge in [0.05, 0.1) is 6.54 Å². The fourth-order valence-electron chi connectivity index (χ4n) is 2.84. The lowest BCUT2D eigenvalue weighted by molar-refractivity contribution is 0.322. The Morgan fingerprint density at radius 3 is 2.76 bits per heavy atom. The molecule has 3 heteroatoms. The molecule has 0 saturated heterocycles. The van der Waals surface area contributed by atoms with Crippen molar-refractivity contribution in [3.63, 3.8) is 0 Å². The number of hydrogen-bond donors (Lipinski definition) is 1. The van der Waals surface area contributed by atoms with Crippen LogP contribution in [0.15, 0.2) is 42.5 Å². The van der Waals surface area contributed by atoms with E-state index in [1.54, 1.807) is 0 Å². The van der Waals surface area contributed by atoms with Gasteiger partial charge in [-0.2, -0.15) is 0 Å². The molecular formula is C18H22N2O. The van der Waals surface area contributed by atoms with Crippen molar-refractivity contribution in [2.24, 2.45) is 0 Å². The maximum absolute atomic E-state index is 5.87. The fourth-order valence-corrected chi connectivity index (χ4v) is 2.84. The maximum atomic E-state index is 5.87. The van der Waals surface area contributed by atoms with Crippen LogP contribution in [0.2, 0.25) is 0 Å². The van der Waals surface area contributed by atoms with E-state index < -0.39 is 0 Å². The molecule has 0 amide bonds. The van der Waals surface area contributed by atoms with Crippen LogP contribution in [0.1, 0.15) is 17.5 Å². The third-order valence-corrected chi connectivity index (χ3v) is 3.97. The number of benzene rings is 2. The quantitative estimate of drug-likeness (QED) is 0.873. The molecule has 21 heavy (non-hydrogen) atoms. The molecule has 0 aromatic heterocycles. The lowest BCUT2D eigenvalue weighted by atomic mass is 10.0. The van der Waals surface area contributed by atoms with E-state index in [9.17, 15) is 0 Å². The van der Waals surface area contributed by atoms with E-state index in [2.05, 4.69) is 36.1 Å². The van der Waals surface area contributed by atoms with Crippen LogP contribution in [0.4, 0.5) is 11.4 Å². The molecule has 0 aliphatic carbocycles. The molecule has 1 heterocycles. The number of ether oxygens (including phenoxy) is 1. The normalized spacial score (nSPS) is 13.9. The van der Waals surface area contributed by atoms with Crippen LogP contribution in [0, 0.1) is 6.92 Å². The molecule has 2 aromatic carbocycles. The number of rotatable bonds is 4. The minimum absolute atomic E-state index is 0.701. The van der Waals surface area contributed by atoms with Gasteiger partial charge in [0.2, 0.25) is 0 Å². The first-order valence-electron chi connectivity index (χ1n) is 7.55. The van der Waals surface area contributed by atoms with Crippen molar-refractivity contribution >= 4 is 11.4 Å². The standard InChI is InChI=1S/C18H22N2O/c1-14-4-7-17(8-5-14)21-12-11-20-10-2-3-15-13-16(19)6-9-18(15)20/h4-9,13H,2-3,10-12,19H2,1H3. The largest absolute Gasteiger partial charge is 0.492 e. The number of anilines is 2. The van der Waals surface area contributed by atoms with E-state index >= 15 is 0 Å². The average Bonchev–Trinajstić information content (AvgIpc) is 2.49. The fraction of sp³-hybridized carbons (Fsp3) is 0.333. The van der Waals surface area contributed by atoms with E-state index in [-0.39, 0.29) is 0 Å². The Labute approximate surface area is 126 Å². The molecule has 0 spiro atoms. The molecule has 0 radical (unpaired) electrons. The minimum Gasteiger partial charge on any atom is -0.492 e. The molecule has 0 unspecified atom stereocenters. The van der Waals surface area contributed by atoms with Gasteiger partial charge in [-0.25, -0.2) is 0 Å². The van der Waals surface area contributed by atoms with Crippen molar-refractivity contribution in [1.29, 1.82) is 0 Å². The third-order valence-electron chi connectivity index (χ3n) is 3.97. The molecule has 0 atom stereocenters. The summed E-state index contributed by atoms with van der Waals surface area (Å²) in [6, 6.07) is 14.4. The molecule has 2 aromatic rings.